The molecule has 1 atom stereocenters. The first kappa shape index (κ1) is 13.9. The number of likely N-dealkylation sites (tertiary alicyclic amines) is 1. The van der Waals surface area contributed by atoms with Gasteiger partial charge in [0, 0.05) is 32.7 Å². The van der Waals surface area contributed by atoms with Gasteiger partial charge in [0.15, 0.2) is 0 Å². The van der Waals surface area contributed by atoms with Crippen molar-refractivity contribution in [1.82, 2.24) is 4.90 Å². The molecule has 0 bridgehead atoms. The molecule has 1 aliphatic rings. The first-order valence-electron chi connectivity index (χ1n) is 6.34. The molecular formula is C14H17F2NO2. The van der Waals surface area contributed by atoms with Crippen LogP contribution in [-0.4, -0.2) is 37.1 Å². The van der Waals surface area contributed by atoms with Gasteiger partial charge in [-0.1, -0.05) is 6.07 Å². The Bertz CT molecular complexity index is 465. The molecule has 1 amide bonds. The lowest BCUT2D eigenvalue weighted by Gasteiger charge is -2.16. The highest BCUT2D eigenvalue weighted by molar-refractivity contribution is 5.76. The summed E-state index contributed by atoms with van der Waals surface area (Å²) in [5.74, 6) is -1.21. The minimum Gasteiger partial charge on any atom is -0.380 e. The van der Waals surface area contributed by atoms with Gasteiger partial charge >= 0.3 is 0 Å². The lowest BCUT2D eigenvalue weighted by molar-refractivity contribution is -0.130. The number of methoxy groups -OCH3 is 1. The number of nitrogens with zero attached hydrogens (tertiary/aromatic N) is 1. The molecule has 19 heavy (non-hydrogen) atoms. The maximum Gasteiger partial charge on any atom is 0.222 e. The summed E-state index contributed by atoms with van der Waals surface area (Å²) >= 11 is 0. The molecule has 1 aromatic carbocycles. The molecule has 1 saturated heterocycles. The second-order valence-corrected chi connectivity index (χ2v) is 4.72. The summed E-state index contributed by atoms with van der Waals surface area (Å²) < 4.78 is 31.3. The lowest BCUT2D eigenvalue weighted by atomic mass is 10.1. The molecule has 0 radical (unpaired) electrons. The fourth-order valence-electron chi connectivity index (χ4n) is 2.27. The van der Waals surface area contributed by atoms with E-state index in [9.17, 15) is 13.6 Å². The van der Waals surface area contributed by atoms with Crippen LogP contribution in [0.15, 0.2) is 18.2 Å². The molecule has 1 fully saturated rings. The average molecular weight is 269 g/mol. The molecule has 5 heteroatoms. The fourth-order valence-corrected chi connectivity index (χ4v) is 2.27. The van der Waals surface area contributed by atoms with Gasteiger partial charge in [-0.15, -0.1) is 0 Å². The summed E-state index contributed by atoms with van der Waals surface area (Å²) in [5.41, 5.74) is 0.372. The molecule has 0 unspecified atom stereocenters. The van der Waals surface area contributed by atoms with Crippen molar-refractivity contribution in [2.45, 2.75) is 25.4 Å². The van der Waals surface area contributed by atoms with Crippen LogP contribution in [0.1, 0.15) is 18.4 Å². The fraction of sp³-hybridized carbons (Fsp3) is 0.500. The maximum absolute atomic E-state index is 13.4. The maximum atomic E-state index is 13.4. The van der Waals surface area contributed by atoms with E-state index in [0.717, 1.165) is 12.5 Å². The van der Waals surface area contributed by atoms with Crippen LogP contribution in [0.4, 0.5) is 8.78 Å². The van der Waals surface area contributed by atoms with Crippen LogP contribution in [0, 0.1) is 11.6 Å². The van der Waals surface area contributed by atoms with Gasteiger partial charge in [-0.2, -0.15) is 0 Å². The zero-order valence-corrected chi connectivity index (χ0v) is 10.9. The highest BCUT2D eigenvalue weighted by Gasteiger charge is 2.25. The number of halogens is 2. The molecule has 1 aliphatic heterocycles. The molecule has 0 aromatic heterocycles. The number of hydrogen-bond donors (Lipinski definition) is 0. The van der Waals surface area contributed by atoms with Gasteiger partial charge in [-0.25, -0.2) is 8.78 Å². The first-order chi connectivity index (χ1) is 9.10. The number of ether oxygens (including phenoxy) is 1. The summed E-state index contributed by atoms with van der Waals surface area (Å²) in [6.45, 7) is 1.28. The Labute approximate surface area is 111 Å². The van der Waals surface area contributed by atoms with Crippen molar-refractivity contribution in [2.75, 3.05) is 20.2 Å². The highest BCUT2D eigenvalue weighted by atomic mass is 19.1. The van der Waals surface area contributed by atoms with Crippen molar-refractivity contribution in [2.24, 2.45) is 0 Å². The van der Waals surface area contributed by atoms with Gasteiger partial charge in [-0.05, 0) is 24.5 Å². The number of hydrogen-bond acceptors (Lipinski definition) is 2. The van der Waals surface area contributed by atoms with Crippen LogP contribution in [-0.2, 0) is 16.0 Å². The van der Waals surface area contributed by atoms with Gasteiger partial charge < -0.3 is 9.64 Å². The summed E-state index contributed by atoms with van der Waals surface area (Å²) in [7, 11) is 1.63. The first-order valence-corrected chi connectivity index (χ1v) is 6.34. The van der Waals surface area contributed by atoms with E-state index in [-0.39, 0.29) is 18.4 Å². The van der Waals surface area contributed by atoms with Crippen molar-refractivity contribution in [3.63, 3.8) is 0 Å². The zero-order valence-electron chi connectivity index (χ0n) is 10.9. The topological polar surface area (TPSA) is 29.5 Å². The molecule has 0 spiro atoms. The van der Waals surface area contributed by atoms with Crippen molar-refractivity contribution < 1.29 is 18.3 Å². The average Bonchev–Trinajstić information content (AvgIpc) is 2.86. The van der Waals surface area contributed by atoms with Crippen molar-refractivity contribution in [3.8, 4) is 0 Å². The summed E-state index contributed by atoms with van der Waals surface area (Å²) in [6, 6.07) is 3.44. The highest BCUT2D eigenvalue weighted by Crippen LogP contribution is 2.16. The lowest BCUT2D eigenvalue weighted by Crippen LogP contribution is -2.30. The normalized spacial score (nSPS) is 18.9. The van der Waals surface area contributed by atoms with Crippen molar-refractivity contribution >= 4 is 5.91 Å². The van der Waals surface area contributed by atoms with Crippen LogP contribution in [0.2, 0.25) is 0 Å². The Morgan fingerprint density at radius 2 is 2.26 bits per heavy atom. The van der Waals surface area contributed by atoms with Crippen molar-refractivity contribution in [1.29, 1.82) is 0 Å². The van der Waals surface area contributed by atoms with E-state index in [1.54, 1.807) is 12.0 Å². The largest absolute Gasteiger partial charge is 0.380 e. The molecule has 0 aliphatic carbocycles. The Morgan fingerprint density at radius 1 is 1.47 bits per heavy atom. The molecule has 3 nitrogen and oxygen atoms in total. The SMILES string of the molecule is CO[C@H]1CCN(C(=O)CCc2ccc(F)cc2F)C1. The predicted octanol–water partition coefficient (Wildman–Crippen LogP) is 2.14. The molecule has 2 rings (SSSR count). The Morgan fingerprint density at radius 3 is 2.89 bits per heavy atom. The third-order valence-corrected chi connectivity index (χ3v) is 3.45. The number of carbonyl (C=O) groups is 1. The quantitative estimate of drug-likeness (QED) is 0.838. The standard InChI is InChI=1S/C14H17F2NO2/c1-19-12-6-7-17(9-12)14(18)5-3-10-2-4-11(15)8-13(10)16/h2,4,8,12H,3,5-7,9H2,1H3/t12-/m0/s1. The van der Waals surface area contributed by atoms with E-state index in [1.165, 1.54) is 12.1 Å². The molecule has 1 aromatic rings. The summed E-state index contributed by atoms with van der Waals surface area (Å²) in [5, 5.41) is 0. The van der Waals surface area contributed by atoms with E-state index >= 15 is 0 Å². The summed E-state index contributed by atoms with van der Waals surface area (Å²) in [4.78, 5) is 13.7. The van der Waals surface area contributed by atoms with E-state index in [0.29, 0.717) is 25.1 Å². The van der Waals surface area contributed by atoms with Crippen molar-refractivity contribution in [3.05, 3.63) is 35.4 Å². The summed E-state index contributed by atoms with van der Waals surface area (Å²) in [6.07, 6.45) is 1.47. The second-order valence-electron chi connectivity index (χ2n) is 4.72. The van der Waals surface area contributed by atoms with E-state index < -0.39 is 11.6 Å². The van der Waals surface area contributed by atoms with Gasteiger partial charge in [0.25, 0.3) is 0 Å². The number of amides is 1. The smallest absolute Gasteiger partial charge is 0.222 e. The number of benzene rings is 1. The molecule has 1 heterocycles. The predicted molar refractivity (Wildman–Crippen MR) is 66.7 cm³/mol. The Balaban J connectivity index is 1.87. The van der Waals surface area contributed by atoms with Gasteiger partial charge in [0.2, 0.25) is 5.91 Å². The minimum absolute atomic E-state index is 0.0109. The third kappa shape index (κ3) is 3.50. The van der Waals surface area contributed by atoms with E-state index in [1.807, 2.05) is 0 Å². The minimum atomic E-state index is -0.602. The molecule has 0 N–H and O–H groups in total. The third-order valence-electron chi connectivity index (χ3n) is 3.45. The van der Waals surface area contributed by atoms with Crippen LogP contribution < -0.4 is 0 Å². The van der Waals surface area contributed by atoms with E-state index in [2.05, 4.69) is 0 Å². The van der Waals surface area contributed by atoms with Gasteiger partial charge in [-0.3, -0.25) is 4.79 Å². The number of rotatable bonds is 4. The Hall–Kier alpha value is -1.49. The number of carbonyl (C=O) groups excluding carboxylic acids is 1. The number of aryl methyl sites for hydroxylation is 1. The molecule has 0 saturated carbocycles. The van der Waals surface area contributed by atoms with E-state index in [4.69, 9.17) is 4.74 Å². The molecular weight excluding hydrogens is 252 g/mol. The van der Waals surface area contributed by atoms with Crippen LogP contribution in [0.25, 0.3) is 0 Å². The van der Waals surface area contributed by atoms with Gasteiger partial charge in [0.05, 0.1) is 6.10 Å². The second kappa shape index (κ2) is 6.10. The van der Waals surface area contributed by atoms with Gasteiger partial charge in [0.1, 0.15) is 11.6 Å². The van der Waals surface area contributed by atoms with Crippen LogP contribution in [0.3, 0.4) is 0 Å². The zero-order chi connectivity index (χ0) is 13.8. The van der Waals surface area contributed by atoms with Crippen LogP contribution >= 0.6 is 0 Å². The monoisotopic (exact) mass is 269 g/mol. The Kier molecular flexibility index (Phi) is 4.47. The van der Waals surface area contributed by atoms with Crippen LogP contribution in [0.5, 0.6) is 0 Å². The molecule has 104 valence electrons.